The predicted octanol–water partition coefficient (Wildman–Crippen LogP) is 3.71. The maximum absolute atomic E-state index is 12.3. The SMILES string of the molecule is O=C(OCc1ccccc1)N1CCC[C@@H]2/C(=C/I)CO[C@@H]21. The van der Waals surface area contributed by atoms with Gasteiger partial charge in [0.25, 0.3) is 0 Å². The van der Waals surface area contributed by atoms with E-state index >= 15 is 0 Å². The van der Waals surface area contributed by atoms with Gasteiger partial charge in [0, 0.05) is 12.5 Å². The standard InChI is InChI=1S/C16H18INO3/c17-9-13-11-20-15-14(13)7-4-8-18(15)16(19)21-10-12-5-2-1-3-6-12/h1-3,5-6,9,14-15H,4,7-8,10-11H2/b13-9+/t14-,15+/m1/s1. The molecule has 0 spiro atoms. The molecule has 2 fully saturated rings. The van der Waals surface area contributed by atoms with Gasteiger partial charge in [0.2, 0.25) is 0 Å². The third kappa shape index (κ3) is 3.23. The van der Waals surface area contributed by atoms with E-state index in [1.54, 1.807) is 4.90 Å². The first-order chi connectivity index (χ1) is 10.3. The van der Waals surface area contributed by atoms with E-state index in [-0.39, 0.29) is 12.3 Å². The molecule has 2 saturated heterocycles. The summed E-state index contributed by atoms with van der Waals surface area (Å²) in [5.74, 6) is 0.333. The molecule has 0 bridgehead atoms. The maximum atomic E-state index is 12.3. The molecule has 0 unspecified atom stereocenters. The number of ether oxygens (including phenoxy) is 2. The van der Waals surface area contributed by atoms with Crippen LogP contribution in [0, 0.1) is 5.92 Å². The van der Waals surface area contributed by atoms with E-state index in [9.17, 15) is 4.79 Å². The number of likely N-dealkylation sites (tertiary alicyclic amines) is 1. The molecule has 1 aromatic carbocycles. The van der Waals surface area contributed by atoms with Gasteiger partial charge in [0.15, 0.2) is 0 Å². The summed E-state index contributed by atoms with van der Waals surface area (Å²) in [4.78, 5) is 14.1. The second-order valence-electron chi connectivity index (χ2n) is 5.37. The van der Waals surface area contributed by atoms with Gasteiger partial charge in [-0.2, -0.15) is 0 Å². The molecule has 0 N–H and O–H groups in total. The van der Waals surface area contributed by atoms with Gasteiger partial charge < -0.3 is 9.47 Å². The quantitative estimate of drug-likeness (QED) is 0.712. The minimum Gasteiger partial charge on any atom is -0.444 e. The summed E-state index contributed by atoms with van der Waals surface area (Å²) in [5.41, 5.74) is 2.29. The van der Waals surface area contributed by atoms with Gasteiger partial charge in [-0.25, -0.2) is 4.79 Å². The summed E-state index contributed by atoms with van der Waals surface area (Å²) in [6.07, 6.45) is 1.66. The topological polar surface area (TPSA) is 38.8 Å². The zero-order valence-electron chi connectivity index (χ0n) is 11.7. The number of hydrogen-bond acceptors (Lipinski definition) is 3. The fourth-order valence-corrected chi connectivity index (χ4v) is 3.58. The van der Waals surface area contributed by atoms with Crippen LogP contribution in [-0.2, 0) is 16.1 Å². The maximum Gasteiger partial charge on any atom is 0.412 e. The van der Waals surface area contributed by atoms with Crippen LogP contribution >= 0.6 is 22.6 Å². The van der Waals surface area contributed by atoms with Gasteiger partial charge >= 0.3 is 6.09 Å². The Hall–Kier alpha value is -1.08. The monoisotopic (exact) mass is 399 g/mol. The Labute approximate surface area is 138 Å². The predicted molar refractivity (Wildman–Crippen MR) is 87.9 cm³/mol. The highest BCUT2D eigenvalue weighted by Crippen LogP contribution is 2.37. The highest BCUT2D eigenvalue weighted by molar-refractivity contribution is 14.1. The molecule has 0 aliphatic carbocycles. The molecule has 21 heavy (non-hydrogen) atoms. The number of fused-ring (bicyclic) bond motifs is 1. The van der Waals surface area contributed by atoms with E-state index < -0.39 is 0 Å². The number of rotatable bonds is 2. The number of carbonyl (C=O) groups is 1. The molecular formula is C16H18INO3. The van der Waals surface area contributed by atoms with Crippen LogP contribution in [0.1, 0.15) is 18.4 Å². The van der Waals surface area contributed by atoms with E-state index in [4.69, 9.17) is 9.47 Å². The van der Waals surface area contributed by atoms with Crippen LogP contribution in [0.5, 0.6) is 0 Å². The van der Waals surface area contributed by atoms with Crippen molar-refractivity contribution in [2.75, 3.05) is 13.2 Å². The van der Waals surface area contributed by atoms with Crippen LogP contribution in [0.2, 0.25) is 0 Å². The van der Waals surface area contributed by atoms with Crippen molar-refractivity contribution in [1.29, 1.82) is 0 Å². The highest BCUT2D eigenvalue weighted by atomic mass is 127. The Morgan fingerprint density at radius 3 is 3.00 bits per heavy atom. The van der Waals surface area contributed by atoms with Gasteiger partial charge in [0.05, 0.1) is 6.61 Å². The molecule has 2 aliphatic heterocycles. The third-order valence-electron chi connectivity index (χ3n) is 4.04. The van der Waals surface area contributed by atoms with E-state index in [2.05, 4.69) is 26.7 Å². The molecule has 1 amide bonds. The van der Waals surface area contributed by atoms with Gasteiger partial charge in [-0.3, -0.25) is 4.90 Å². The summed E-state index contributed by atoms with van der Waals surface area (Å²) in [6, 6.07) is 9.74. The van der Waals surface area contributed by atoms with E-state index in [1.165, 1.54) is 5.57 Å². The Morgan fingerprint density at radius 2 is 2.24 bits per heavy atom. The van der Waals surface area contributed by atoms with Gasteiger partial charge in [0.1, 0.15) is 12.8 Å². The molecule has 0 aromatic heterocycles. The Balaban J connectivity index is 1.62. The van der Waals surface area contributed by atoms with Gasteiger partial charge in [-0.05, 0) is 28.1 Å². The molecule has 2 atom stereocenters. The van der Waals surface area contributed by atoms with Gasteiger partial charge in [-0.15, -0.1) is 0 Å². The van der Waals surface area contributed by atoms with Crippen molar-refractivity contribution < 1.29 is 14.3 Å². The van der Waals surface area contributed by atoms with Crippen molar-refractivity contribution in [2.24, 2.45) is 5.92 Å². The molecule has 0 saturated carbocycles. The van der Waals surface area contributed by atoms with E-state index in [0.717, 1.165) is 18.4 Å². The first-order valence-corrected chi connectivity index (χ1v) is 8.42. The Kier molecular flexibility index (Phi) is 4.80. The van der Waals surface area contributed by atoms with Crippen LogP contribution in [0.3, 0.4) is 0 Å². The van der Waals surface area contributed by atoms with Crippen molar-refractivity contribution in [3.63, 3.8) is 0 Å². The number of hydrogen-bond donors (Lipinski definition) is 0. The summed E-state index contributed by atoms with van der Waals surface area (Å²) in [5, 5.41) is 0. The largest absolute Gasteiger partial charge is 0.444 e. The lowest BCUT2D eigenvalue weighted by molar-refractivity contribution is -0.0543. The Morgan fingerprint density at radius 1 is 1.43 bits per heavy atom. The van der Waals surface area contributed by atoms with E-state index in [0.29, 0.717) is 25.7 Å². The second kappa shape index (κ2) is 6.79. The summed E-state index contributed by atoms with van der Waals surface area (Å²) in [6.45, 7) is 1.65. The van der Waals surface area contributed by atoms with E-state index in [1.807, 2.05) is 30.3 Å². The highest BCUT2D eigenvalue weighted by Gasteiger charge is 2.41. The average Bonchev–Trinajstić information content (AvgIpc) is 2.96. The Bertz CT molecular complexity index is 532. The molecule has 3 rings (SSSR count). The number of piperidine rings is 1. The lowest BCUT2D eigenvalue weighted by atomic mass is 9.92. The number of amides is 1. The number of benzene rings is 1. The zero-order chi connectivity index (χ0) is 14.7. The van der Waals surface area contributed by atoms with Crippen LogP contribution in [0.25, 0.3) is 0 Å². The average molecular weight is 399 g/mol. The van der Waals surface area contributed by atoms with Crippen LogP contribution in [-0.4, -0.2) is 30.4 Å². The lowest BCUT2D eigenvalue weighted by Gasteiger charge is -2.35. The van der Waals surface area contributed by atoms with Gasteiger partial charge in [-0.1, -0.05) is 52.9 Å². The molecule has 0 radical (unpaired) electrons. The second-order valence-corrected chi connectivity index (χ2v) is 5.99. The van der Waals surface area contributed by atoms with Crippen molar-refractivity contribution in [3.8, 4) is 0 Å². The zero-order valence-corrected chi connectivity index (χ0v) is 13.9. The fourth-order valence-electron chi connectivity index (χ4n) is 2.94. The van der Waals surface area contributed by atoms with Crippen molar-refractivity contribution >= 4 is 28.7 Å². The molecule has 4 nitrogen and oxygen atoms in total. The fraction of sp³-hybridized carbons (Fsp3) is 0.438. The summed E-state index contributed by atoms with van der Waals surface area (Å²) < 4.78 is 13.3. The first-order valence-electron chi connectivity index (χ1n) is 7.17. The van der Waals surface area contributed by atoms with Crippen molar-refractivity contribution in [1.82, 2.24) is 4.90 Å². The van der Waals surface area contributed by atoms with Crippen molar-refractivity contribution in [3.05, 3.63) is 45.6 Å². The molecule has 2 aliphatic rings. The summed E-state index contributed by atoms with van der Waals surface area (Å²) >= 11 is 2.25. The van der Waals surface area contributed by atoms with Crippen molar-refractivity contribution in [2.45, 2.75) is 25.7 Å². The molecule has 2 heterocycles. The van der Waals surface area contributed by atoms with Crippen LogP contribution < -0.4 is 0 Å². The first kappa shape index (κ1) is 14.8. The minimum atomic E-state index is -0.275. The van der Waals surface area contributed by atoms with Crippen LogP contribution in [0.15, 0.2) is 40.0 Å². The summed E-state index contributed by atoms with van der Waals surface area (Å²) in [7, 11) is 0. The molecule has 112 valence electrons. The number of nitrogens with zero attached hydrogens (tertiary/aromatic N) is 1. The normalized spacial score (nSPS) is 26.7. The smallest absolute Gasteiger partial charge is 0.412 e. The van der Waals surface area contributed by atoms with Crippen LogP contribution in [0.4, 0.5) is 4.79 Å². The third-order valence-corrected chi connectivity index (χ3v) is 4.84. The molecule has 5 heteroatoms. The number of halogens is 1. The minimum absolute atomic E-state index is 0.150. The molecule has 1 aromatic rings. The number of carbonyl (C=O) groups excluding carboxylic acids is 1. The molecular weight excluding hydrogens is 381 g/mol. The lowest BCUT2D eigenvalue weighted by Crippen LogP contribution is -2.47.